The van der Waals surface area contributed by atoms with Gasteiger partial charge >= 0.3 is 0 Å². The average molecular weight is 264 g/mol. The van der Waals surface area contributed by atoms with E-state index in [1.807, 2.05) is 18.2 Å². The topological polar surface area (TPSA) is 54.0 Å². The van der Waals surface area contributed by atoms with E-state index in [1.54, 1.807) is 26.2 Å². The Labute approximate surface area is 110 Å². The van der Waals surface area contributed by atoms with Crippen molar-refractivity contribution in [3.63, 3.8) is 0 Å². The van der Waals surface area contributed by atoms with Crippen LogP contribution in [0.25, 0.3) is 10.9 Å². The number of carbonyl (C=O) groups excluding carboxylic acids is 1. The predicted molar refractivity (Wildman–Crippen MR) is 73.9 cm³/mol. The Morgan fingerprint density at radius 1 is 1.44 bits per heavy atom. The molecule has 1 aromatic heterocycles. The van der Waals surface area contributed by atoms with Gasteiger partial charge in [-0.2, -0.15) is 0 Å². The fraction of sp³-hybridized carbons (Fsp3) is 0.231. The molecule has 0 saturated carbocycles. The van der Waals surface area contributed by atoms with Gasteiger partial charge in [-0.05, 0) is 32.2 Å². The van der Waals surface area contributed by atoms with Gasteiger partial charge in [0.15, 0.2) is 0 Å². The number of likely N-dealkylation sites (N-methyl/N-ethyl adjacent to an activating group) is 1. The van der Waals surface area contributed by atoms with Crippen LogP contribution < -0.4 is 10.6 Å². The number of hydrogen-bond donors (Lipinski definition) is 2. The number of rotatable bonds is 3. The maximum atomic E-state index is 11.9. The molecule has 0 aliphatic carbocycles. The van der Waals surface area contributed by atoms with Crippen molar-refractivity contribution in [2.24, 2.45) is 0 Å². The van der Waals surface area contributed by atoms with E-state index in [1.165, 1.54) is 0 Å². The highest BCUT2D eigenvalue weighted by Gasteiger charge is 2.13. The lowest BCUT2D eigenvalue weighted by atomic mass is 10.2. The summed E-state index contributed by atoms with van der Waals surface area (Å²) in [5, 5.41) is 7.18. The number of hydrogen-bond acceptors (Lipinski definition) is 3. The van der Waals surface area contributed by atoms with E-state index in [9.17, 15) is 4.79 Å². The first-order valence-electron chi connectivity index (χ1n) is 5.64. The van der Waals surface area contributed by atoms with Crippen molar-refractivity contribution in [1.82, 2.24) is 10.3 Å². The first-order chi connectivity index (χ1) is 8.61. The number of aromatic nitrogens is 1. The highest BCUT2D eigenvalue weighted by molar-refractivity contribution is 6.32. The van der Waals surface area contributed by atoms with E-state index in [2.05, 4.69) is 15.6 Å². The Balaban J connectivity index is 2.41. The minimum absolute atomic E-state index is 0.119. The third kappa shape index (κ3) is 2.60. The normalized spacial score (nSPS) is 12.4. The van der Waals surface area contributed by atoms with Crippen molar-refractivity contribution < 1.29 is 4.79 Å². The molecule has 4 nitrogen and oxygen atoms in total. The van der Waals surface area contributed by atoms with Gasteiger partial charge in [0, 0.05) is 16.6 Å². The van der Waals surface area contributed by atoms with E-state index in [-0.39, 0.29) is 11.9 Å². The van der Waals surface area contributed by atoms with Crippen LogP contribution in [-0.2, 0) is 4.79 Å². The smallest absolute Gasteiger partial charge is 0.241 e. The van der Waals surface area contributed by atoms with Crippen LogP contribution in [0.15, 0.2) is 30.5 Å². The van der Waals surface area contributed by atoms with Crippen LogP contribution in [0.5, 0.6) is 0 Å². The first-order valence-corrected chi connectivity index (χ1v) is 6.02. The zero-order valence-electron chi connectivity index (χ0n) is 10.2. The molecule has 1 atom stereocenters. The number of carbonyl (C=O) groups is 1. The molecule has 1 amide bonds. The summed E-state index contributed by atoms with van der Waals surface area (Å²) >= 11 is 6.03. The summed E-state index contributed by atoms with van der Waals surface area (Å²) in [5.41, 5.74) is 1.36. The maximum Gasteiger partial charge on any atom is 0.241 e. The molecule has 0 radical (unpaired) electrons. The molecule has 0 fully saturated rings. The molecule has 2 aromatic rings. The van der Waals surface area contributed by atoms with E-state index in [0.29, 0.717) is 10.7 Å². The van der Waals surface area contributed by atoms with Crippen molar-refractivity contribution in [2.75, 3.05) is 12.4 Å². The van der Waals surface area contributed by atoms with Crippen LogP contribution in [0.3, 0.4) is 0 Å². The van der Waals surface area contributed by atoms with Crippen molar-refractivity contribution in [1.29, 1.82) is 0 Å². The van der Waals surface area contributed by atoms with E-state index in [4.69, 9.17) is 11.6 Å². The Bertz CT molecular complexity index is 585. The maximum absolute atomic E-state index is 11.9. The summed E-state index contributed by atoms with van der Waals surface area (Å²) < 4.78 is 0. The molecule has 0 aliphatic rings. The molecule has 1 unspecified atom stereocenters. The van der Waals surface area contributed by atoms with E-state index >= 15 is 0 Å². The zero-order chi connectivity index (χ0) is 13.1. The summed E-state index contributed by atoms with van der Waals surface area (Å²) in [6.45, 7) is 1.79. The summed E-state index contributed by atoms with van der Waals surface area (Å²) in [4.78, 5) is 16.1. The van der Waals surface area contributed by atoms with Gasteiger partial charge < -0.3 is 10.6 Å². The predicted octanol–water partition coefficient (Wildman–Crippen LogP) is 2.43. The van der Waals surface area contributed by atoms with Gasteiger partial charge in [-0.1, -0.05) is 17.7 Å². The van der Waals surface area contributed by atoms with Gasteiger partial charge in [-0.25, -0.2) is 0 Å². The minimum atomic E-state index is -0.275. The van der Waals surface area contributed by atoms with E-state index < -0.39 is 0 Å². The third-order valence-corrected chi connectivity index (χ3v) is 2.97. The number of nitrogens with one attached hydrogen (secondary N) is 2. The standard InChI is InChI=1S/C13H14ClN3O/c1-8(15-2)13(18)17-11-7-10(14)6-9-4-3-5-16-12(9)11/h3-8,15H,1-2H3,(H,17,18). The van der Waals surface area contributed by atoms with Gasteiger partial charge in [-0.3, -0.25) is 9.78 Å². The molecule has 0 saturated heterocycles. The molecule has 18 heavy (non-hydrogen) atoms. The fourth-order valence-corrected chi connectivity index (χ4v) is 1.85. The lowest BCUT2D eigenvalue weighted by molar-refractivity contribution is -0.117. The van der Waals surface area contributed by atoms with Crippen LogP contribution >= 0.6 is 11.6 Å². The van der Waals surface area contributed by atoms with Gasteiger partial charge in [0.05, 0.1) is 17.2 Å². The fourth-order valence-electron chi connectivity index (χ4n) is 1.62. The summed E-state index contributed by atoms with van der Waals surface area (Å²) in [6.07, 6.45) is 1.69. The molecule has 0 bridgehead atoms. The molecular formula is C13H14ClN3O. The second-order valence-electron chi connectivity index (χ2n) is 4.03. The van der Waals surface area contributed by atoms with E-state index in [0.717, 1.165) is 10.9 Å². The molecule has 1 aromatic carbocycles. The summed E-state index contributed by atoms with van der Waals surface area (Å²) in [6, 6.07) is 6.99. The minimum Gasteiger partial charge on any atom is -0.323 e. The van der Waals surface area contributed by atoms with Crippen LogP contribution in [0, 0.1) is 0 Å². The van der Waals surface area contributed by atoms with Crippen molar-refractivity contribution >= 4 is 34.1 Å². The van der Waals surface area contributed by atoms with Crippen molar-refractivity contribution in [3.05, 3.63) is 35.5 Å². The van der Waals surface area contributed by atoms with Gasteiger partial charge in [0.25, 0.3) is 0 Å². The highest BCUT2D eigenvalue weighted by Crippen LogP contribution is 2.26. The van der Waals surface area contributed by atoms with Gasteiger partial charge in [0.2, 0.25) is 5.91 Å². The number of anilines is 1. The highest BCUT2D eigenvalue weighted by atomic mass is 35.5. The molecule has 1 heterocycles. The van der Waals surface area contributed by atoms with Crippen LogP contribution in [0.2, 0.25) is 5.02 Å². The second kappa shape index (κ2) is 5.33. The Kier molecular flexibility index (Phi) is 3.79. The average Bonchev–Trinajstić information content (AvgIpc) is 2.37. The third-order valence-electron chi connectivity index (χ3n) is 2.75. The lowest BCUT2D eigenvalue weighted by Crippen LogP contribution is -2.35. The van der Waals surface area contributed by atoms with Gasteiger partial charge in [-0.15, -0.1) is 0 Å². The Hall–Kier alpha value is -1.65. The molecule has 0 aliphatic heterocycles. The number of fused-ring (bicyclic) bond motifs is 1. The Morgan fingerprint density at radius 2 is 2.22 bits per heavy atom. The van der Waals surface area contributed by atoms with Crippen molar-refractivity contribution in [3.8, 4) is 0 Å². The number of benzene rings is 1. The quantitative estimate of drug-likeness (QED) is 0.894. The monoisotopic (exact) mass is 263 g/mol. The molecule has 94 valence electrons. The van der Waals surface area contributed by atoms with Crippen LogP contribution in [-0.4, -0.2) is 24.0 Å². The first kappa shape index (κ1) is 12.8. The second-order valence-corrected chi connectivity index (χ2v) is 4.46. The molecule has 5 heteroatoms. The molecule has 0 spiro atoms. The summed E-state index contributed by atoms with van der Waals surface area (Å²) in [7, 11) is 1.73. The summed E-state index contributed by atoms with van der Waals surface area (Å²) in [5.74, 6) is -0.119. The van der Waals surface area contributed by atoms with Crippen LogP contribution in [0.1, 0.15) is 6.92 Å². The number of nitrogens with zero attached hydrogens (tertiary/aromatic N) is 1. The molecular weight excluding hydrogens is 250 g/mol. The zero-order valence-corrected chi connectivity index (χ0v) is 11.0. The Morgan fingerprint density at radius 3 is 2.94 bits per heavy atom. The largest absolute Gasteiger partial charge is 0.323 e. The number of halogens is 1. The number of pyridine rings is 1. The van der Waals surface area contributed by atoms with Crippen LogP contribution in [0.4, 0.5) is 5.69 Å². The molecule has 2 N–H and O–H groups in total. The van der Waals surface area contributed by atoms with Gasteiger partial charge in [0.1, 0.15) is 0 Å². The SMILES string of the molecule is CNC(C)C(=O)Nc1cc(Cl)cc2cccnc12. The number of amides is 1. The lowest BCUT2D eigenvalue weighted by Gasteiger charge is -2.12. The van der Waals surface area contributed by atoms with Crippen molar-refractivity contribution in [2.45, 2.75) is 13.0 Å². The molecule has 2 rings (SSSR count).